The zero-order chi connectivity index (χ0) is 14.4. The predicted molar refractivity (Wildman–Crippen MR) is 82.2 cm³/mol. The van der Waals surface area contributed by atoms with Gasteiger partial charge in [0, 0.05) is 16.9 Å². The normalized spacial score (nSPS) is 15.6. The summed E-state index contributed by atoms with van der Waals surface area (Å²) in [5.41, 5.74) is 6.86. The SMILES string of the molecule is CCSc1ccc(C(C)NC(=O)C(C)C(C)N)cc1. The van der Waals surface area contributed by atoms with Crippen molar-refractivity contribution in [2.45, 2.75) is 44.7 Å². The molecule has 0 aliphatic heterocycles. The molecule has 1 amide bonds. The molecule has 3 N–H and O–H groups in total. The molecule has 0 saturated heterocycles. The topological polar surface area (TPSA) is 55.1 Å². The second-order valence-corrected chi connectivity index (χ2v) is 6.22. The van der Waals surface area contributed by atoms with Crippen LogP contribution in [0.1, 0.15) is 39.3 Å². The monoisotopic (exact) mass is 280 g/mol. The van der Waals surface area contributed by atoms with Crippen LogP contribution in [-0.2, 0) is 4.79 Å². The van der Waals surface area contributed by atoms with Gasteiger partial charge in [-0.25, -0.2) is 0 Å². The Kier molecular flexibility index (Phi) is 6.38. The summed E-state index contributed by atoms with van der Waals surface area (Å²) < 4.78 is 0. The maximum atomic E-state index is 11.9. The fourth-order valence-electron chi connectivity index (χ4n) is 1.69. The molecule has 0 aromatic heterocycles. The van der Waals surface area contributed by atoms with E-state index in [2.05, 4.69) is 36.5 Å². The van der Waals surface area contributed by atoms with E-state index >= 15 is 0 Å². The van der Waals surface area contributed by atoms with Gasteiger partial charge >= 0.3 is 0 Å². The van der Waals surface area contributed by atoms with Gasteiger partial charge < -0.3 is 11.1 Å². The minimum atomic E-state index is -0.169. The number of carbonyl (C=O) groups is 1. The molecule has 19 heavy (non-hydrogen) atoms. The van der Waals surface area contributed by atoms with Gasteiger partial charge in [0.25, 0.3) is 0 Å². The Morgan fingerprint density at radius 3 is 2.32 bits per heavy atom. The number of hydrogen-bond acceptors (Lipinski definition) is 3. The molecule has 3 atom stereocenters. The van der Waals surface area contributed by atoms with Crippen molar-refractivity contribution in [2.75, 3.05) is 5.75 Å². The van der Waals surface area contributed by atoms with Crippen molar-refractivity contribution in [3.8, 4) is 0 Å². The van der Waals surface area contributed by atoms with E-state index in [4.69, 9.17) is 5.73 Å². The highest BCUT2D eigenvalue weighted by Gasteiger charge is 2.19. The Bertz CT molecular complexity index is 403. The van der Waals surface area contributed by atoms with Crippen molar-refractivity contribution in [3.05, 3.63) is 29.8 Å². The average Bonchev–Trinajstić information content (AvgIpc) is 2.38. The minimum Gasteiger partial charge on any atom is -0.349 e. The fraction of sp³-hybridized carbons (Fsp3) is 0.533. The van der Waals surface area contributed by atoms with E-state index in [1.807, 2.05) is 32.5 Å². The van der Waals surface area contributed by atoms with Gasteiger partial charge in [0.1, 0.15) is 0 Å². The van der Waals surface area contributed by atoms with Crippen LogP contribution >= 0.6 is 11.8 Å². The smallest absolute Gasteiger partial charge is 0.224 e. The van der Waals surface area contributed by atoms with Crippen LogP contribution in [-0.4, -0.2) is 17.7 Å². The molecule has 3 unspecified atom stereocenters. The molecule has 0 aliphatic carbocycles. The number of amides is 1. The zero-order valence-electron chi connectivity index (χ0n) is 12.1. The molecule has 1 aromatic carbocycles. The van der Waals surface area contributed by atoms with Crippen LogP contribution in [0.15, 0.2) is 29.2 Å². The molecule has 4 heteroatoms. The Morgan fingerprint density at radius 1 is 1.26 bits per heavy atom. The minimum absolute atomic E-state index is 0.00868. The van der Waals surface area contributed by atoms with Gasteiger partial charge in [-0.3, -0.25) is 4.79 Å². The highest BCUT2D eigenvalue weighted by molar-refractivity contribution is 7.99. The average molecular weight is 280 g/mol. The Hall–Kier alpha value is -1.00. The van der Waals surface area contributed by atoms with Gasteiger partial charge in [0.15, 0.2) is 0 Å². The molecule has 1 rings (SSSR count). The molecule has 0 bridgehead atoms. The van der Waals surface area contributed by atoms with E-state index in [1.54, 1.807) is 0 Å². The largest absolute Gasteiger partial charge is 0.349 e. The summed E-state index contributed by atoms with van der Waals surface area (Å²) in [6.45, 7) is 7.84. The molecule has 0 aliphatic rings. The van der Waals surface area contributed by atoms with E-state index < -0.39 is 0 Å². The third-order valence-corrected chi connectivity index (χ3v) is 4.15. The first-order chi connectivity index (χ1) is 8.95. The number of benzene rings is 1. The number of rotatable bonds is 6. The lowest BCUT2D eigenvalue weighted by molar-refractivity contribution is -0.125. The zero-order valence-corrected chi connectivity index (χ0v) is 13.0. The lowest BCUT2D eigenvalue weighted by Gasteiger charge is -2.20. The molecular formula is C15H24N2OS. The molecular weight excluding hydrogens is 256 g/mol. The third-order valence-electron chi connectivity index (χ3n) is 3.25. The van der Waals surface area contributed by atoms with E-state index in [9.17, 15) is 4.79 Å². The second kappa shape index (κ2) is 7.56. The standard InChI is InChI=1S/C15H24N2OS/c1-5-19-14-8-6-13(7-9-14)12(4)17-15(18)10(2)11(3)16/h6-12H,5,16H2,1-4H3,(H,17,18). The maximum Gasteiger partial charge on any atom is 0.224 e. The van der Waals surface area contributed by atoms with Crippen LogP contribution in [0.25, 0.3) is 0 Å². The molecule has 0 radical (unpaired) electrons. The first-order valence-corrected chi connectivity index (χ1v) is 7.73. The molecule has 1 aromatic rings. The highest BCUT2D eigenvalue weighted by atomic mass is 32.2. The summed E-state index contributed by atoms with van der Waals surface area (Å²) >= 11 is 1.81. The van der Waals surface area contributed by atoms with Crippen LogP contribution in [0.5, 0.6) is 0 Å². The van der Waals surface area contributed by atoms with Gasteiger partial charge in [0.2, 0.25) is 5.91 Å². The summed E-state index contributed by atoms with van der Waals surface area (Å²) in [5.74, 6) is 0.907. The third kappa shape index (κ3) is 4.88. The number of nitrogens with two attached hydrogens (primary N) is 1. The first kappa shape index (κ1) is 16.1. The van der Waals surface area contributed by atoms with Gasteiger partial charge in [-0.1, -0.05) is 26.0 Å². The maximum absolute atomic E-state index is 11.9. The lowest BCUT2D eigenvalue weighted by atomic mass is 10.0. The molecule has 0 spiro atoms. The van der Waals surface area contributed by atoms with Crippen molar-refractivity contribution >= 4 is 17.7 Å². The quantitative estimate of drug-likeness (QED) is 0.788. The summed E-state index contributed by atoms with van der Waals surface area (Å²) in [6, 6.07) is 8.21. The van der Waals surface area contributed by atoms with Crippen LogP contribution in [0.4, 0.5) is 0 Å². The van der Waals surface area contributed by atoms with Gasteiger partial charge in [0.05, 0.1) is 6.04 Å². The Labute approximate surface area is 120 Å². The van der Waals surface area contributed by atoms with Crippen molar-refractivity contribution in [1.82, 2.24) is 5.32 Å². The lowest BCUT2D eigenvalue weighted by Crippen LogP contribution is -2.39. The van der Waals surface area contributed by atoms with E-state index in [0.29, 0.717) is 0 Å². The van der Waals surface area contributed by atoms with Crippen LogP contribution < -0.4 is 11.1 Å². The molecule has 106 valence electrons. The molecule has 0 saturated carbocycles. The summed E-state index contributed by atoms with van der Waals surface area (Å²) in [7, 11) is 0. The number of thioether (sulfide) groups is 1. The fourth-order valence-corrected chi connectivity index (χ4v) is 2.35. The van der Waals surface area contributed by atoms with Crippen LogP contribution in [0, 0.1) is 5.92 Å². The van der Waals surface area contributed by atoms with Gasteiger partial charge in [-0.15, -0.1) is 11.8 Å². The summed E-state index contributed by atoms with van der Waals surface area (Å²) in [5, 5.41) is 3.00. The van der Waals surface area contributed by atoms with Crippen LogP contribution in [0.2, 0.25) is 0 Å². The Morgan fingerprint density at radius 2 is 1.84 bits per heavy atom. The summed E-state index contributed by atoms with van der Waals surface area (Å²) in [6.07, 6.45) is 0. The number of carbonyl (C=O) groups excluding carboxylic acids is 1. The van der Waals surface area contributed by atoms with Crippen molar-refractivity contribution < 1.29 is 4.79 Å². The number of nitrogens with one attached hydrogen (secondary N) is 1. The van der Waals surface area contributed by atoms with Gasteiger partial charge in [-0.05, 0) is 37.3 Å². The predicted octanol–water partition coefficient (Wildman–Crippen LogP) is 2.96. The molecule has 0 heterocycles. The number of hydrogen-bond donors (Lipinski definition) is 2. The Balaban J connectivity index is 2.62. The first-order valence-electron chi connectivity index (χ1n) is 6.74. The van der Waals surface area contributed by atoms with E-state index in [-0.39, 0.29) is 23.9 Å². The second-order valence-electron chi connectivity index (χ2n) is 4.88. The van der Waals surface area contributed by atoms with Crippen molar-refractivity contribution in [3.63, 3.8) is 0 Å². The molecule has 0 fully saturated rings. The van der Waals surface area contributed by atoms with E-state index in [0.717, 1.165) is 11.3 Å². The van der Waals surface area contributed by atoms with Crippen molar-refractivity contribution in [2.24, 2.45) is 11.7 Å². The summed E-state index contributed by atoms with van der Waals surface area (Å²) in [4.78, 5) is 13.2. The van der Waals surface area contributed by atoms with Crippen LogP contribution in [0.3, 0.4) is 0 Å². The highest BCUT2D eigenvalue weighted by Crippen LogP contribution is 2.21. The van der Waals surface area contributed by atoms with E-state index in [1.165, 1.54) is 4.90 Å². The van der Waals surface area contributed by atoms with Crippen molar-refractivity contribution in [1.29, 1.82) is 0 Å². The van der Waals surface area contributed by atoms with Gasteiger partial charge in [-0.2, -0.15) is 0 Å². The molecule has 3 nitrogen and oxygen atoms in total.